The zero-order valence-electron chi connectivity index (χ0n) is 29.8. The van der Waals surface area contributed by atoms with Gasteiger partial charge in [-0.3, -0.25) is 4.79 Å². The third kappa shape index (κ3) is 8.03. The molecule has 1 aliphatic carbocycles. The van der Waals surface area contributed by atoms with E-state index in [-0.39, 0.29) is 29.4 Å². The molecule has 4 atom stereocenters. The Morgan fingerprint density at radius 2 is 1.71 bits per heavy atom. The summed E-state index contributed by atoms with van der Waals surface area (Å²) < 4.78 is 14.0. The van der Waals surface area contributed by atoms with Crippen molar-refractivity contribution in [1.29, 1.82) is 0 Å². The van der Waals surface area contributed by atoms with Crippen molar-refractivity contribution in [3.8, 4) is 11.5 Å². The molecule has 1 unspecified atom stereocenters. The van der Waals surface area contributed by atoms with Crippen LogP contribution in [-0.4, -0.2) is 82.9 Å². The molecule has 9 nitrogen and oxygen atoms in total. The Balaban J connectivity index is 0.878. The van der Waals surface area contributed by atoms with Crippen LogP contribution in [0.4, 0.5) is 0 Å². The lowest BCUT2D eigenvalue weighted by molar-refractivity contribution is -0.946. The number of piperidine rings is 3. The van der Waals surface area contributed by atoms with Crippen LogP contribution in [0.1, 0.15) is 68.2 Å². The molecule has 4 aromatic rings. The van der Waals surface area contributed by atoms with Gasteiger partial charge >= 0.3 is 0 Å². The van der Waals surface area contributed by atoms with E-state index in [1.807, 2.05) is 30.3 Å². The molecular weight excluding hydrogens is 642 g/mol. The topological polar surface area (TPSA) is 124 Å². The summed E-state index contributed by atoms with van der Waals surface area (Å²) in [4.78, 5) is 14.4. The van der Waals surface area contributed by atoms with Gasteiger partial charge in [0.2, 0.25) is 5.56 Å². The van der Waals surface area contributed by atoms with Crippen LogP contribution in [0.3, 0.4) is 0 Å². The molecule has 51 heavy (non-hydrogen) atoms. The number of aliphatic hydroxyl groups excluding tert-OH is 1. The summed E-state index contributed by atoms with van der Waals surface area (Å²) in [5, 5.41) is 37.2. The fraction of sp³-hybridized carbons (Fsp3) is 0.500. The Morgan fingerprint density at radius 1 is 0.961 bits per heavy atom. The highest BCUT2D eigenvalue weighted by atomic mass is 16.5. The first-order chi connectivity index (χ1) is 24.7. The summed E-state index contributed by atoms with van der Waals surface area (Å²) >= 11 is 0. The molecule has 8 rings (SSSR count). The maximum Gasteiger partial charge on any atom is 0.248 e. The number of aromatic nitrogens is 1. The molecule has 4 aliphatic rings. The molecule has 4 heterocycles. The number of nitrogens with zero attached hydrogens (tertiary/aromatic N) is 1. The van der Waals surface area contributed by atoms with Gasteiger partial charge in [0.05, 0.1) is 31.3 Å². The van der Waals surface area contributed by atoms with Gasteiger partial charge in [-0.25, -0.2) is 0 Å². The van der Waals surface area contributed by atoms with Crippen LogP contribution in [0, 0.1) is 11.8 Å². The third-order valence-electron chi connectivity index (χ3n) is 12.1. The van der Waals surface area contributed by atoms with E-state index in [4.69, 9.17) is 9.47 Å². The zero-order valence-corrected chi connectivity index (χ0v) is 29.8. The summed E-state index contributed by atoms with van der Waals surface area (Å²) in [7, 11) is 0. The molecule has 2 bridgehead atoms. The summed E-state index contributed by atoms with van der Waals surface area (Å²) in [5.41, 5.74) is 1.93. The number of H-pyrrole nitrogens is 1. The Bertz CT molecular complexity index is 1800. The normalized spacial score (nSPS) is 24.4. The third-order valence-corrected chi connectivity index (χ3v) is 12.1. The molecule has 1 saturated carbocycles. The van der Waals surface area contributed by atoms with Crippen molar-refractivity contribution in [3.05, 3.63) is 106 Å². The molecular formula is C42H54N3O6+. The van der Waals surface area contributed by atoms with Gasteiger partial charge in [0.25, 0.3) is 0 Å². The smallest absolute Gasteiger partial charge is 0.248 e. The Morgan fingerprint density at radius 3 is 2.45 bits per heavy atom. The summed E-state index contributed by atoms with van der Waals surface area (Å²) in [6.45, 7) is 7.73. The molecule has 4 fully saturated rings. The second-order valence-electron chi connectivity index (χ2n) is 15.5. The van der Waals surface area contributed by atoms with Gasteiger partial charge in [-0.15, -0.1) is 0 Å². The summed E-state index contributed by atoms with van der Waals surface area (Å²) in [6.07, 6.45) is 6.99. The number of rotatable bonds is 15. The number of pyridine rings is 1. The maximum atomic E-state index is 12.0. The summed E-state index contributed by atoms with van der Waals surface area (Å²) in [5.74, 6) is 1.68. The lowest BCUT2D eigenvalue weighted by Gasteiger charge is -2.52. The molecule has 3 aromatic carbocycles. The number of hydrogen-bond acceptors (Lipinski definition) is 7. The van der Waals surface area contributed by atoms with Gasteiger partial charge in [-0.1, -0.05) is 61.4 Å². The molecule has 0 amide bonds. The largest absolute Gasteiger partial charge is 0.506 e. The Labute approximate surface area is 300 Å². The molecule has 5 N–H and O–H groups in total. The molecule has 272 valence electrons. The average Bonchev–Trinajstić information content (AvgIpc) is 3.71. The fourth-order valence-corrected chi connectivity index (χ4v) is 9.00. The molecule has 0 radical (unpaired) electrons. The van der Waals surface area contributed by atoms with Gasteiger partial charge < -0.3 is 39.6 Å². The number of hydrogen-bond donors (Lipinski definition) is 5. The van der Waals surface area contributed by atoms with Crippen LogP contribution in [0.2, 0.25) is 0 Å². The first-order valence-corrected chi connectivity index (χ1v) is 18.9. The fourth-order valence-electron chi connectivity index (χ4n) is 9.00. The van der Waals surface area contributed by atoms with Gasteiger partial charge in [0.15, 0.2) is 0 Å². The first kappa shape index (κ1) is 35.7. The van der Waals surface area contributed by atoms with E-state index < -0.39 is 11.7 Å². The molecule has 0 spiro atoms. The van der Waals surface area contributed by atoms with Crippen LogP contribution in [-0.2, 0) is 16.8 Å². The van der Waals surface area contributed by atoms with Crippen molar-refractivity contribution in [2.75, 3.05) is 45.9 Å². The van der Waals surface area contributed by atoms with E-state index in [0.29, 0.717) is 42.1 Å². The SMILES string of the molecule is C[C@H](Cc1ccc(OCC[N+]23CCC(CC2)[C@@H](OCC(O)(c2ccccc2)C2CCCC2)C3)cc1)NC[C@H](O)c1ccc(O)c2[nH]c(=O)ccc12. The van der Waals surface area contributed by atoms with Crippen LogP contribution in [0.5, 0.6) is 11.5 Å². The standard InChI is InChI=1S/C42H53N3O6/c1-29(43-26-38(47)35-15-17-37(46)41-36(35)16-18-40(48)44-41)25-30-11-13-34(14-12-30)50-24-23-45-21-19-31(20-22-45)39(27-45)51-28-42(49,33-9-5-6-10-33)32-7-3-2-4-8-32/h2-4,7-8,11-18,29,31,33,38-39,43,47,49H,5-6,9-10,19-28H2,1H3,(H-,44,46,48)/p+1/t29-,31?,38+,39+,42?,45?/m1/s1. The number of aromatic hydroxyl groups is 1. The number of nitrogens with one attached hydrogen (secondary N) is 2. The number of aliphatic hydroxyl groups is 2. The predicted octanol–water partition coefficient (Wildman–Crippen LogP) is 5.57. The van der Waals surface area contributed by atoms with Crippen LogP contribution in [0.25, 0.3) is 10.9 Å². The zero-order chi connectivity index (χ0) is 35.4. The van der Waals surface area contributed by atoms with Gasteiger partial charge in [0.1, 0.15) is 42.9 Å². The molecule has 1 aromatic heterocycles. The van der Waals surface area contributed by atoms with Gasteiger partial charge in [-0.2, -0.15) is 0 Å². The van der Waals surface area contributed by atoms with Crippen molar-refractivity contribution in [3.63, 3.8) is 0 Å². The number of phenols is 1. The van der Waals surface area contributed by atoms with E-state index in [1.54, 1.807) is 12.1 Å². The van der Waals surface area contributed by atoms with E-state index >= 15 is 0 Å². The Kier molecular flexibility index (Phi) is 10.8. The maximum absolute atomic E-state index is 12.0. The van der Waals surface area contributed by atoms with Gasteiger partial charge in [0, 0.05) is 42.8 Å². The molecule has 9 heteroatoms. The lowest BCUT2D eigenvalue weighted by atomic mass is 9.80. The highest BCUT2D eigenvalue weighted by molar-refractivity contribution is 5.87. The van der Waals surface area contributed by atoms with E-state index in [0.717, 1.165) is 48.1 Å². The van der Waals surface area contributed by atoms with E-state index in [2.05, 4.69) is 41.5 Å². The van der Waals surface area contributed by atoms with Crippen LogP contribution in [0.15, 0.2) is 83.7 Å². The number of phenolic OH excluding ortho intramolecular Hbond substituents is 1. The second-order valence-corrected chi connectivity index (χ2v) is 15.5. The molecule has 3 saturated heterocycles. The minimum Gasteiger partial charge on any atom is -0.506 e. The molecule has 3 aliphatic heterocycles. The predicted molar refractivity (Wildman–Crippen MR) is 199 cm³/mol. The summed E-state index contributed by atoms with van der Waals surface area (Å²) in [6, 6.07) is 24.8. The number of aromatic amines is 1. The van der Waals surface area contributed by atoms with Crippen molar-refractivity contribution < 1.29 is 29.3 Å². The van der Waals surface area contributed by atoms with Crippen molar-refractivity contribution in [2.24, 2.45) is 11.8 Å². The van der Waals surface area contributed by atoms with E-state index in [9.17, 15) is 20.1 Å². The lowest BCUT2D eigenvalue weighted by Crippen LogP contribution is -2.65. The Hall–Kier alpha value is -3.73. The van der Waals surface area contributed by atoms with Crippen molar-refractivity contribution in [1.82, 2.24) is 10.3 Å². The van der Waals surface area contributed by atoms with Crippen LogP contribution >= 0.6 is 0 Å². The second kappa shape index (κ2) is 15.5. The van der Waals surface area contributed by atoms with Crippen molar-refractivity contribution in [2.45, 2.75) is 75.7 Å². The minimum absolute atomic E-state index is 0.0192. The van der Waals surface area contributed by atoms with Crippen LogP contribution < -0.4 is 15.6 Å². The van der Waals surface area contributed by atoms with Gasteiger partial charge in [-0.05, 0) is 73.1 Å². The average molecular weight is 697 g/mol. The number of fused-ring (bicyclic) bond motifs is 4. The quantitative estimate of drug-likeness (QED) is 0.103. The highest BCUT2D eigenvalue weighted by Crippen LogP contribution is 2.42. The number of ether oxygens (including phenoxy) is 2. The van der Waals surface area contributed by atoms with E-state index in [1.165, 1.54) is 56.5 Å². The van der Waals surface area contributed by atoms with Crippen molar-refractivity contribution >= 4 is 10.9 Å². The number of benzene rings is 3. The minimum atomic E-state index is -0.925. The number of quaternary nitrogens is 1. The highest BCUT2D eigenvalue weighted by Gasteiger charge is 2.48. The monoisotopic (exact) mass is 696 g/mol. The first-order valence-electron chi connectivity index (χ1n) is 18.9.